The fourth-order valence-electron chi connectivity index (χ4n) is 4.65. The van der Waals surface area contributed by atoms with Gasteiger partial charge in [0, 0.05) is 0 Å². The molecule has 0 aromatic heterocycles. The number of carbonyl (C=O) groups is 3. The lowest BCUT2D eigenvalue weighted by Crippen LogP contribution is -2.65. The van der Waals surface area contributed by atoms with Crippen molar-refractivity contribution in [2.75, 3.05) is 12.8 Å². The molecule has 5 N–H and O–H groups in total. The first-order chi connectivity index (χ1) is 16.1. The predicted octanol–water partition coefficient (Wildman–Crippen LogP) is 0.882. The standard InChI is InChI=1S/C23H40N2O8S/c1-5-6-13-9-10-24-14(11-13)22(31)25-17(12(2)3)20-18(29)19(30)21(23(33-20)34-4)32-16(28)8-7-15(26)27/h12-14,17-21,23-24,29-30H,5-11H2,1-4H3,(H,25,31)(H,26,27). The Morgan fingerprint density at radius 3 is 2.50 bits per heavy atom. The van der Waals surface area contributed by atoms with Crippen LogP contribution >= 0.6 is 11.8 Å². The molecule has 196 valence electrons. The number of hydrogen-bond donors (Lipinski definition) is 5. The van der Waals surface area contributed by atoms with Crippen LogP contribution in [0.4, 0.5) is 0 Å². The molecule has 2 fully saturated rings. The highest BCUT2D eigenvalue weighted by molar-refractivity contribution is 7.99. The normalized spacial score (nSPS) is 32.7. The fraction of sp³-hybridized carbons (Fsp3) is 0.870. The fourth-order valence-corrected chi connectivity index (χ4v) is 5.38. The van der Waals surface area contributed by atoms with E-state index in [-0.39, 0.29) is 24.3 Å². The topological polar surface area (TPSA) is 154 Å². The number of thioether (sulfide) groups is 1. The minimum Gasteiger partial charge on any atom is -0.481 e. The molecular formula is C23H40N2O8S. The van der Waals surface area contributed by atoms with Gasteiger partial charge in [0.05, 0.1) is 24.9 Å². The van der Waals surface area contributed by atoms with Gasteiger partial charge in [-0.05, 0) is 37.5 Å². The Morgan fingerprint density at radius 1 is 1.21 bits per heavy atom. The second-order valence-electron chi connectivity index (χ2n) is 9.50. The maximum absolute atomic E-state index is 13.1. The quantitative estimate of drug-likeness (QED) is 0.256. The SMILES string of the molecule is CCCC1CCNC(C(=O)NC(C(C)C)C2OC(SC)C(OC(=O)CCC(=O)O)C(O)C2O)C1. The first-order valence-corrected chi connectivity index (χ1v) is 13.4. The summed E-state index contributed by atoms with van der Waals surface area (Å²) in [6.45, 7) is 6.71. The Hall–Kier alpha value is -1.40. The van der Waals surface area contributed by atoms with E-state index < -0.39 is 54.3 Å². The van der Waals surface area contributed by atoms with Crippen molar-refractivity contribution in [2.24, 2.45) is 11.8 Å². The Labute approximate surface area is 205 Å². The molecule has 0 bridgehead atoms. The Kier molecular flexibility index (Phi) is 11.6. The highest BCUT2D eigenvalue weighted by atomic mass is 32.2. The molecule has 0 spiro atoms. The van der Waals surface area contributed by atoms with Crippen molar-refractivity contribution in [3.8, 4) is 0 Å². The number of aliphatic hydroxyl groups is 2. The number of hydrogen-bond acceptors (Lipinski definition) is 9. The summed E-state index contributed by atoms with van der Waals surface area (Å²) in [7, 11) is 0. The molecule has 0 aromatic carbocycles. The van der Waals surface area contributed by atoms with E-state index in [4.69, 9.17) is 14.6 Å². The average Bonchev–Trinajstić information content (AvgIpc) is 2.79. The molecule has 1 amide bonds. The van der Waals surface area contributed by atoms with E-state index in [1.807, 2.05) is 13.8 Å². The summed E-state index contributed by atoms with van der Waals surface area (Å²) in [5, 5.41) is 36.7. The first kappa shape index (κ1) is 28.8. The molecule has 0 aromatic rings. The van der Waals surface area contributed by atoms with E-state index in [0.717, 1.165) is 32.2 Å². The van der Waals surface area contributed by atoms with E-state index >= 15 is 0 Å². The number of nitrogens with one attached hydrogen (secondary N) is 2. The number of amides is 1. The van der Waals surface area contributed by atoms with Gasteiger partial charge in [0.15, 0.2) is 6.10 Å². The molecule has 2 saturated heterocycles. The minimum atomic E-state index is -1.45. The lowest BCUT2D eigenvalue weighted by molar-refractivity contribution is -0.221. The van der Waals surface area contributed by atoms with Gasteiger partial charge in [-0.2, -0.15) is 0 Å². The van der Waals surface area contributed by atoms with E-state index in [1.54, 1.807) is 6.26 Å². The number of carboxylic acid groups (broad SMARTS) is 1. The highest BCUT2D eigenvalue weighted by Gasteiger charge is 2.50. The van der Waals surface area contributed by atoms with Crippen molar-refractivity contribution in [2.45, 2.75) is 101 Å². The lowest BCUT2D eigenvalue weighted by atomic mass is 9.86. The number of rotatable bonds is 11. The van der Waals surface area contributed by atoms with Crippen LogP contribution in [0.1, 0.15) is 59.3 Å². The maximum Gasteiger partial charge on any atom is 0.306 e. The second kappa shape index (κ2) is 13.6. The Morgan fingerprint density at radius 2 is 1.91 bits per heavy atom. The molecule has 8 unspecified atom stereocenters. The van der Waals surface area contributed by atoms with Gasteiger partial charge < -0.3 is 35.4 Å². The molecule has 10 nitrogen and oxygen atoms in total. The van der Waals surface area contributed by atoms with Gasteiger partial charge in [0.1, 0.15) is 23.7 Å². The molecule has 11 heteroatoms. The summed E-state index contributed by atoms with van der Waals surface area (Å²) < 4.78 is 11.3. The predicted molar refractivity (Wildman–Crippen MR) is 127 cm³/mol. The molecular weight excluding hydrogens is 464 g/mol. The van der Waals surface area contributed by atoms with E-state index in [2.05, 4.69) is 17.6 Å². The number of esters is 1. The van der Waals surface area contributed by atoms with Crippen LogP contribution in [-0.4, -0.2) is 87.9 Å². The van der Waals surface area contributed by atoms with Gasteiger partial charge in [-0.3, -0.25) is 14.4 Å². The van der Waals surface area contributed by atoms with Crippen LogP contribution in [0.3, 0.4) is 0 Å². The highest BCUT2D eigenvalue weighted by Crippen LogP contribution is 2.32. The minimum absolute atomic E-state index is 0.108. The zero-order valence-electron chi connectivity index (χ0n) is 20.4. The Bertz CT molecular complexity index is 690. The maximum atomic E-state index is 13.1. The number of aliphatic hydroxyl groups excluding tert-OH is 2. The lowest BCUT2D eigenvalue weighted by Gasteiger charge is -2.45. The number of aliphatic carboxylic acids is 1. The van der Waals surface area contributed by atoms with Gasteiger partial charge in [-0.1, -0.05) is 33.6 Å². The molecule has 34 heavy (non-hydrogen) atoms. The van der Waals surface area contributed by atoms with E-state index in [1.165, 1.54) is 11.8 Å². The number of piperidine rings is 1. The van der Waals surface area contributed by atoms with Gasteiger partial charge in [-0.25, -0.2) is 0 Å². The van der Waals surface area contributed by atoms with Crippen LogP contribution in [-0.2, 0) is 23.9 Å². The summed E-state index contributed by atoms with van der Waals surface area (Å²) >= 11 is 1.20. The molecule has 2 aliphatic heterocycles. The molecule has 2 heterocycles. The molecule has 0 aliphatic carbocycles. The van der Waals surface area contributed by atoms with Gasteiger partial charge in [-0.15, -0.1) is 11.8 Å². The van der Waals surface area contributed by atoms with Gasteiger partial charge >= 0.3 is 11.9 Å². The van der Waals surface area contributed by atoms with E-state index in [9.17, 15) is 24.6 Å². The average molecular weight is 505 g/mol. The van der Waals surface area contributed by atoms with Crippen LogP contribution < -0.4 is 10.6 Å². The van der Waals surface area contributed by atoms with Crippen LogP contribution in [0.15, 0.2) is 0 Å². The summed E-state index contributed by atoms with van der Waals surface area (Å²) in [5.74, 6) is -1.70. The third-order valence-electron chi connectivity index (χ3n) is 6.53. The zero-order chi connectivity index (χ0) is 25.4. The van der Waals surface area contributed by atoms with Gasteiger partial charge in [0.25, 0.3) is 0 Å². The number of carbonyl (C=O) groups excluding carboxylic acids is 2. The van der Waals surface area contributed by atoms with Crippen LogP contribution in [0.2, 0.25) is 0 Å². The monoisotopic (exact) mass is 504 g/mol. The molecule has 0 saturated carbocycles. The third-order valence-corrected chi connectivity index (χ3v) is 7.38. The third kappa shape index (κ3) is 7.81. The largest absolute Gasteiger partial charge is 0.481 e. The zero-order valence-corrected chi connectivity index (χ0v) is 21.3. The summed E-state index contributed by atoms with van der Waals surface area (Å²) in [6.07, 6.45) is -0.0276. The van der Waals surface area contributed by atoms with Crippen molar-refractivity contribution < 1.29 is 39.2 Å². The molecule has 2 rings (SSSR count). The van der Waals surface area contributed by atoms with Crippen molar-refractivity contribution >= 4 is 29.6 Å². The second-order valence-corrected chi connectivity index (χ2v) is 10.4. The van der Waals surface area contributed by atoms with Crippen molar-refractivity contribution in [3.05, 3.63) is 0 Å². The smallest absolute Gasteiger partial charge is 0.306 e. The molecule has 8 atom stereocenters. The van der Waals surface area contributed by atoms with Crippen LogP contribution in [0.25, 0.3) is 0 Å². The summed E-state index contributed by atoms with van der Waals surface area (Å²) in [6, 6.07) is -0.902. The number of carboxylic acids is 1. The first-order valence-electron chi connectivity index (χ1n) is 12.1. The van der Waals surface area contributed by atoms with Crippen LogP contribution in [0, 0.1) is 11.8 Å². The van der Waals surface area contributed by atoms with Gasteiger partial charge in [0.2, 0.25) is 5.91 Å². The van der Waals surface area contributed by atoms with Crippen molar-refractivity contribution in [3.63, 3.8) is 0 Å². The molecule has 0 radical (unpaired) electrons. The summed E-state index contributed by atoms with van der Waals surface area (Å²) in [4.78, 5) is 35.8. The Balaban J connectivity index is 2.08. The van der Waals surface area contributed by atoms with E-state index in [0.29, 0.717) is 5.92 Å². The summed E-state index contributed by atoms with van der Waals surface area (Å²) in [5.41, 5.74) is -0.794. The molecule has 2 aliphatic rings. The van der Waals surface area contributed by atoms with Crippen LogP contribution in [0.5, 0.6) is 0 Å². The number of ether oxygens (including phenoxy) is 2. The van der Waals surface area contributed by atoms with Crippen molar-refractivity contribution in [1.82, 2.24) is 10.6 Å². The van der Waals surface area contributed by atoms with Crippen molar-refractivity contribution in [1.29, 1.82) is 0 Å².